The fourth-order valence-corrected chi connectivity index (χ4v) is 2.48. The third-order valence-electron chi connectivity index (χ3n) is 3.32. The van der Waals surface area contributed by atoms with Crippen molar-refractivity contribution in [1.29, 1.82) is 0 Å². The van der Waals surface area contributed by atoms with E-state index in [-0.39, 0.29) is 0 Å². The molecule has 3 rings (SSSR count). The van der Waals surface area contributed by atoms with Crippen LogP contribution in [0.1, 0.15) is 12.5 Å². The molecular weight excluding hydrogens is 330 g/mol. The molecule has 3 aromatic rings. The highest BCUT2D eigenvalue weighted by Gasteiger charge is 2.13. The van der Waals surface area contributed by atoms with Gasteiger partial charge in [0.1, 0.15) is 0 Å². The van der Waals surface area contributed by atoms with Gasteiger partial charge in [0, 0.05) is 15.7 Å². The number of aromatic nitrogens is 4. The number of hydrogen-bond acceptors (Lipinski definition) is 4. The third-order valence-corrected chi connectivity index (χ3v) is 4.05. The molecular formula is C15H14BrN5. The van der Waals surface area contributed by atoms with E-state index in [2.05, 4.69) is 44.4 Å². The predicted octanol–water partition coefficient (Wildman–Crippen LogP) is 3.24. The van der Waals surface area contributed by atoms with E-state index in [9.17, 15) is 0 Å². The van der Waals surface area contributed by atoms with Gasteiger partial charge in [0.15, 0.2) is 5.82 Å². The summed E-state index contributed by atoms with van der Waals surface area (Å²) in [6, 6.07) is 13.8. The molecule has 0 aliphatic carbocycles. The van der Waals surface area contributed by atoms with Crippen LogP contribution in [-0.4, -0.2) is 20.2 Å². The average molecular weight is 344 g/mol. The van der Waals surface area contributed by atoms with Crippen molar-refractivity contribution < 1.29 is 0 Å². The van der Waals surface area contributed by atoms with E-state index in [1.54, 1.807) is 4.68 Å². The molecule has 5 nitrogen and oxygen atoms in total. The van der Waals surface area contributed by atoms with Gasteiger partial charge in [-0.1, -0.05) is 25.1 Å². The number of hydrogen-bond donors (Lipinski definition) is 1. The average Bonchev–Trinajstić information content (AvgIpc) is 2.99. The highest BCUT2D eigenvalue weighted by molar-refractivity contribution is 9.10. The summed E-state index contributed by atoms with van der Waals surface area (Å²) in [5.41, 5.74) is 9.66. The molecule has 0 aliphatic rings. The Morgan fingerprint density at radius 3 is 2.76 bits per heavy atom. The van der Waals surface area contributed by atoms with Crippen molar-refractivity contribution in [3.05, 3.63) is 52.5 Å². The highest BCUT2D eigenvalue weighted by Crippen LogP contribution is 2.27. The van der Waals surface area contributed by atoms with Crippen LogP contribution in [0, 0.1) is 0 Å². The van der Waals surface area contributed by atoms with E-state index in [0.717, 1.165) is 22.1 Å². The molecule has 1 heterocycles. The molecule has 0 aliphatic heterocycles. The lowest BCUT2D eigenvalue weighted by Gasteiger charge is -2.09. The van der Waals surface area contributed by atoms with Crippen molar-refractivity contribution in [2.45, 2.75) is 13.3 Å². The molecule has 0 radical (unpaired) electrons. The Kier molecular flexibility index (Phi) is 3.70. The van der Waals surface area contributed by atoms with Gasteiger partial charge in [0.05, 0.1) is 5.69 Å². The lowest BCUT2D eigenvalue weighted by Crippen LogP contribution is -2.03. The Morgan fingerprint density at radius 2 is 2.00 bits per heavy atom. The summed E-state index contributed by atoms with van der Waals surface area (Å²) in [7, 11) is 0. The summed E-state index contributed by atoms with van der Waals surface area (Å²) >= 11 is 3.40. The molecule has 0 unspecified atom stereocenters. The van der Waals surface area contributed by atoms with Crippen molar-refractivity contribution in [2.75, 3.05) is 5.73 Å². The van der Waals surface area contributed by atoms with Crippen molar-refractivity contribution in [1.82, 2.24) is 20.2 Å². The van der Waals surface area contributed by atoms with Gasteiger partial charge < -0.3 is 5.73 Å². The first-order valence-electron chi connectivity index (χ1n) is 6.62. The predicted molar refractivity (Wildman–Crippen MR) is 86.1 cm³/mol. The fourth-order valence-electron chi connectivity index (χ4n) is 2.23. The molecule has 2 N–H and O–H groups in total. The Hall–Kier alpha value is -2.21. The number of nitrogens with two attached hydrogens (primary N) is 1. The second-order valence-corrected chi connectivity index (χ2v) is 5.49. The number of benzene rings is 2. The first-order chi connectivity index (χ1) is 10.2. The molecule has 106 valence electrons. The highest BCUT2D eigenvalue weighted by atomic mass is 79.9. The lowest BCUT2D eigenvalue weighted by atomic mass is 10.1. The quantitative estimate of drug-likeness (QED) is 0.741. The lowest BCUT2D eigenvalue weighted by molar-refractivity contribution is 0.783. The molecule has 0 spiro atoms. The van der Waals surface area contributed by atoms with Crippen molar-refractivity contribution >= 4 is 21.6 Å². The van der Waals surface area contributed by atoms with Gasteiger partial charge in [-0.25, -0.2) is 0 Å². The van der Waals surface area contributed by atoms with Gasteiger partial charge in [-0.15, -0.1) is 5.10 Å². The molecule has 21 heavy (non-hydrogen) atoms. The SMILES string of the molecule is CCc1ccccc1-n1nnnc1-c1ccc(Br)c(N)c1. The maximum absolute atomic E-state index is 5.95. The number of anilines is 1. The van der Waals surface area contributed by atoms with Crippen LogP contribution in [0.25, 0.3) is 17.1 Å². The van der Waals surface area contributed by atoms with Gasteiger partial charge >= 0.3 is 0 Å². The van der Waals surface area contributed by atoms with Gasteiger partial charge in [-0.3, -0.25) is 0 Å². The zero-order chi connectivity index (χ0) is 14.8. The molecule has 0 amide bonds. The number of aryl methyl sites for hydroxylation is 1. The summed E-state index contributed by atoms with van der Waals surface area (Å²) in [4.78, 5) is 0. The number of tetrazole rings is 1. The van der Waals surface area contributed by atoms with Crippen molar-refractivity contribution in [3.63, 3.8) is 0 Å². The summed E-state index contributed by atoms with van der Waals surface area (Å²) in [6.07, 6.45) is 0.915. The van der Waals surface area contributed by atoms with Crippen LogP contribution in [-0.2, 0) is 6.42 Å². The smallest absolute Gasteiger partial charge is 0.187 e. The summed E-state index contributed by atoms with van der Waals surface area (Å²) in [6.45, 7) is 2.11. The van der Waals surface area contributed by atoms with E-state index in [1.165, 1.54) is 5.56 Å². The van der Waals surface area contributed by atoms with E-state index in [4.69, 9.17) is 5.73 Å². The standard InChI is InChI=1S/C15H14BrN5/c1-2-10-5-3-4-6-14(10)21-15(18-19-20-21)11-7-8-12(16)13(17)9-11/h3-9H,2,17H2,1H3. The zero-order valence-electron chi connectivity index (χ0n) is 11.5. The Morgan fingerprint density at radius 1 is 1.19 bits per heavy atom. The van der Waals surface area contributed by atoms with Crippen LogP contribution in [0.5, 0.6) is 0 Å². The van der Waals surface area contributed by atoms with Crippen molar-refractivity contribution in [2.24, 2.45) is 0 Å². The number of para-hydroxylation sites is 1. The minimum Gasteiger partial charge on any atom is -0.398 e. The fraction of sp³-hybridized carbons (Fsp3) is 0.133. The van der Waals surface area contributed by atoms with E-state index in [1.807, 2.05) is 36.4 Å². The van der Waals surface area contributed by atoms with Crippen LogP contribution in [0.2, 0.25) is 0 Å². The molecule has 1 aromatic heterocycles. The number of halogens is 1. The van der Waals surface area contributed by atoms with Crippen LogP contribution in [0.4, 0.5) is 5.69 Å². The largest absolute Gasteiger partial charge is 0.398 e. The first kappa shape index (κ1) is 13.8. The molecule has 0 bridgehead atoms. The van der Waals surface area contributed by atoms with E-state index >= 15 is 0 Å². The van der Waals surface area contributed by atoms with Crippen LogP contribution in [0.3, 0.4) is 0 Å². The van der Waals surface area contributed by atoms with Gasteiger partial charge in [-0.05, 0) is 62.6 Å². The summed E-state index contributed by atoms with van der Waals surface area (Å²) in [5, 5.41) is 12.1. The van der Waals surface area contributed by atoms with Crippen LogP contribution < -0.4 is 5.73 Å². The Bertz CT molecular complexity index is 781. The first-order valence-corrected chi connectivity index (χ1v) is 7.42. The zero-order valence-corrected chi connectivity index (χ0v) is 13.1. The second-order valence-electron chi connectivity index (χ2n) is 4.63. The maximum Gasteiger partial charge on any atom is 0.187 e. The normalized spacial score (nSPS) is 10.8. The molecule has 0 atom stereocenters. The van der Waals surface area contributed by atoms with E-state index < -0.39 is 0 Å². The molecule has 0 saturated heterocycles. The van der Waals surface area contributed by atoms with Gasteiger partial charge in [0.25, 0.3) is 0 Å². The third kappa shape index (κ3) is 2.54. The van der Waals surface area contributed by atoms with E-state index in [0.29, 0.717) is 11.5 Å². The van der Waals surface area contributed by atoms with Gasteiger partial charge in [-0.2, -0.15) is 4.68 Å². The second kappa shape index (κ2) is 5.65. The molecule has 2 aromatic carbocycles. The summed E-state index contributed by atoms with van der Waals surface area (Å²) in [5.74, 6) is 0.676. The Labute approximate surface area is 130 Å². The molecule has 6 heteroatoms. The minimum atomic E-state index is 0.658. The number of nitrogens with zero attached hydrogens (tertiary/aromatic N) is 4. The van der Waals surface area contributed by atoms with Crippen molar-refractivity contribution in [3.8, 4) is 17.1 Å². The molecule has 0 fully saturated rings. The van der Waals surface area contributed by atoms with Crippen LogP contribution >= 0.6 is 15.9 Å². The minimum absolute atomic E-state index is 0.658. The number of rotatable bonds is 3. The summed E-state index contributed by atoms with van der Waals surface area (Å²) < 4.78 is 2.61. The topological polar surface area (TPSA) is 69.6 Å². The monoisotopic (exact) mass is 343 g/mol. The maximum atomic E-state index is 5.95. The molecule has 0 saturated carbocycles. The Balaban J connectivity index is 2.15. The van der Waals surface area contributed by atoms with Crippen LogP contribution in [0.15, 0.2) is 46.9 Å². The van der Waals surface area contributed by atoms with Gasteiger partial charge in [0.2, 0.25) is 0 Å². The number of nitrogen functional groups attached to an aromatic ring is 1.